The fourth-order valence-corrected chi connectivity index (χ4v) is 1.68. The van der Waals surface area contributed by atoms with Gasteiger partial charge in [-0.2, -0.15) is 0 Å². The molecule has 0 bridgehead atoms. The van der Waals surface area contributed by atoms with Crippen LogP contribution in [0.2, 0.25) is 0 Å². The van der Waals surface area contributed by atoms with Gasteiger partial charge in [0.1, 0.15) is 18.2 Å². The number of nitrogens with zero attached hydrogens (tertiary/aromatic N) is 1. The molecule has 3 nitrogen and oxygen atoms in total. The van der Waals surface area contributed by atoms with Crippen LogP contribution in [0.25, 0.3) is 0 Å². The zero-order chi connectivity index (χ0) is 14.2. The SMILES string of the molecule is OCC#Cc1ccc(F)cc1OCCc1cccnc1. The molecule has 0 fully saturated rings. The molecular weight excluding hydrogens is 257 g/mol. The van der Waals surface area contributed by atoms with E-state index in [0.29, 0.717) is 24.3 Å². The molecule has 20 heavy (non-hydrogen) atoms. The summed E-state index contributed by atoms with van der Waals surface area (Å²) in [6, 6.07) is 7.96. The molecule has 0 atom stereocenters. The summed E-state index contributed by atoms with van der Waals surface area (Å²) in [5.41, 5.74) is 1.61. The van der Waals surface area contributed by atoms with E-state index >= 15 is 0 Å². The summed E-state index contributed by atoms with van der Waals surface area (Å²) in [6.45, 7) is 0.162. The number of halogens is 1. The second kappa shape index (κ2) is 7.27. The molecule has 0 saturated carbocycles. The molecular formula is C16H14FNO2. The van der Waals surface area contributed by atoms with Gasteiger partial charge in [-0.15, -0.1) is 0 Å². The van der Waals surface area contributed by atoms with Crippen molar-refractivity contribution < 1.29 is 14.2 Å². The number of benzene rings is 1. The molecule has 0 amide bonds. The lowest BCUT2D eigenvalue weighted by Gasteiger charge is -2.08. The van der Waals surface area contributed by atoms with Crippen molar-refractivity contribution in [2.24, 2.45) is 0 Å². The number of aliphatic hydroxyl groups excluding tert-OH is 1. The quantitative estimate of drug-likeness (QED) is 0.867. The Morgan fingerprint density at radius 3 is 2.95 bits per heavy atom. The lowest BCUT2D eigenvalue weighted by molar-refractivity contribution is 0.319. The molecule has 0 unspecified atom stereocenters. The zero-order valence-corrected chi connectivity index (χ0v) is 10.8. The Morgan fingerprint density at radius 1 is 1.30 bits per heavy atom. The number of aliphatic hydroxyl groups is 1. The number of hydrogen-bond donors (Lipinski definition) is 1. The predicted molar refractivity (Wildman–Crippen MR) is 73.8 cm³/mol. The fraction of sp³-hybridized carbons (Fsp3) is 0.188. The Kier molecular flexibility index (Phi) is 5.10. The van der Waals surface area contributed by atoms with Gasteiger partial charge in [0.2, 0.25) is 0 Å². The van der Waals surface area contributed by atoms with Crippen molar-refractivity contribution in [2.45, 2.75) is 6.42 Å². The average Bonchev–Trinajstić information content (AvgIpc) is 2.47. The maximum absolute atomic E-state index is 13.2. The summed E-state index contributed by atoms with van der Waals surface area (Å²) >= 11 is 0. The number of hydrogen-bond acceptors (Lipinski definition) is 3. The molecule has 0 aliphatic rings. The minimum atomic E-state index is -0.379. The van der Waals surface area contributed by atoms with Crippen molar-refractivity contribution in [1.29, 1.82) is 0 Å². The number of aromatic nitrogens is 1. The first-order valence-corrected chi connectivity index (χ1v) is 6.20. The topological polar surface area (TPSA) is 42.4 Å². The fourth-order valence-electron chi connectivity index (χ4n) is 1.68. The molecule has 0 aliphatic carbocycles. The third kappa shape index (κ3) is 4.08. The molecule has 1 aromatic carbocycles. The third-order valence-corrected chi connectivity index (χ3v) is 2.62. The Morgan fingerprint density at radius 2 is 2.20 bits per heavy atom. The van der Waals surface area contributed by atoms with Crippen LogP contribution >= 0.6 is 0 Å². The van der Waals surface area contributed by atoms with E-state index in [-0.39, 0.29) is 12.4 Å². The van der Waals surface area contributed by atoms with Crippen LogP contribution in [0, 0.1) is 17.7 Å². The van der Waals surface area contributed by atoms with E-state index in [2.05, 4.69) is 16.8 Å². The van der Waals surface area contributed by atoms with Gasteiger partial charge in [-0.3, -0.25) is 4.98 Å². The van der Waals surface area contributed by atoms with Gasteiger partial charge < -0.3 is 9.84 Å². The van der Waals surface area contributed by atoms with Gasteiger partial charge in [0, 0.05) is 24.9 Å². The summed E-state index contributed by atoms with van der Waals surface area (Å²) in [4.78, 5) is 4.02. The minimum Gasteiger partial charge on any atom is -0.492 e. The zero-order valence-electron chi connectivity index (χ0n) is 10.8. The Balaban J connectivity index is 2.03. The second-order valence-corrected chi connectivity index (χ2v) is 4.06. The van der Waals surface area contributed by atoms with Crippen molar-refractivity contribution in [3.8, 4) is 17.6 Å². The summed E-state index contributed by atoms with van der Waals surface area (Å²) in [6.07, 6.45) is 4.15. The highest BCUT2D eigenvalue weighted by molar-refractivity contribution is 5.46. The van der Waals surface area contributed by atoms with Crippen LogP contribution in [0.5, 0.6) is 5.75 Å². The van der Waals surface area contributed by atoms with Crippen molar-refractivity contribution in [3.63, 3.8) is 0 Å². The van der Waals surface area contributed by atoms with Crippen LogP contribution in [-0.4, -0.2) is 23.3 Å². The smallest absolute Gasteiger partial charge is 0.137 e. The van der Waals surface area contributed by atoms with Gasteiger partial charge in [-0.25, -0.2) is 4.39 Å². The van der Waals surface area contributed by atoms with Crippen molar-refractivity contribution in [1.82, 2.24) is 4.98 Å². The van der Waals surface area contributed by atoms with Gasteiger partial charge >= 0.3 is 0 Å². The Labute approximate surface area is 117 Å². The second-order valence-electron chi connectivity index (χ2n) is 4.06. The molecule has 2 aromatic rings. The maximum atomic E-state index is 13.2. The highest BCUT2D eigenvalue weighted by Crippen LogP contribution is 2.19. The summed E-state index contributed by atoms with van der Waals surface area (Å²) < 4.78 is 18.8. The van der Waals surface area contributed by atoms with Crippen LogP contribution in [0.4, 0.5) is 4.39 Å². The summed E-state index contributed by atoms with van der Waals surface area (Å²) in [5, 5.41) is 8.70. The Hall–Kier alpha value is -2.38. The number of rotatable bonds is 4. The van der Waals surface area contributed by atoms with Crippen molar-refractivity contribution >= 4 is 0 Å². The van der Waals surface area contributed by atoms with Crippen LogP contribution < -0.4 is 4.74 Å². The molecule has 102 valence electrons. The van der Waals surface area contributed by atoms with Gasteiger partial charge in [0.05, 0.1) is 12.2 Å². The first-order chi connectivity index (χ1) is 9.79. The highest BCUT2D eigenvalue weighted by atomic mass is 19.1. The molecule has 1 aromatic heterocycles. The van der Waals surface area contributed by atoms with Crippen LogP contribution in [-0.2, 0) is 6.42 Å². The average molecular weight is 271 g/mol. The first-order valence-electron chi connectivity index (χ1n) is 6.20. The molecule has 0 saturated heterocycles. The summed E-state index contributed by atoms with van der Waals surface area (Å²) in [5.74, 6) is 5.27. The van der Waals surface area contributed by atoms with E-state index in [9.17, 15) is 4.39 Å². The molecule has 2 rings (SSSR count). The molecule has 0 spiro atoms. The van der Waals surface area contributed by atoms with Crippen LogP contribution in [0.3, 0.4) is 0 Å². The lowest BCUT2D eigenvalue weighted by atomic mass is 10.2. The molecule has 4 heteroatoms. The first kappa shape index (κ1) is 14.0. The van der Waals surface area contributed by atoms with E-state index in [1.165, 1.54) is 18.2 Å². The Bertz CT molecular complexity index is 617. The third-order valence-electron chi connectivity index (χ3n) is 2.62. The largest absolute Gasteiger partial charge is 0.492 e. The van der Waals surface area contributed by atoms with Crippen LogP contribution in [0.15, 0.2) is 42.7 Å². The van der Waals surface area contributed by atoms with E-state index in [1.807, 2.05) is 12.1 Å². The van der Waals surface area contributed by atoms with Crippen molar-refractivity contribution in [3.05, 3.63) is 59.7 Å². The van der Waals surface area contributed by atoms with Crippen molar-refractivity contribution in [2.75, 3.05) is 13.2 Å². The number of pyridine rings is 1. The molecule has 1 N–H and O–H groups in total. The van der Waals surface area contributed by atoms with E-state index < -0.39 is 0 Å². The van der Waals surface area contributed by atoms with Gasteiger partial charge in [-0.1, -0.05) is 17.9 Å². The van der Waals surface area contributed by atoms with Crippen LogP contribution in [0.1, 0.15) is 11.1 Å². The highest BCUT2D eigenvalue weighted by Gasteiger charge is 2.04. The number of ether oxygens (including phenoxy) is 1. The minimum absolute atomic E-state index is 0.244. The van der Waals surface area contributed by atoms with E-state index in [1.54, 1.807) is 12.4 Å². The molecule has 1 heterocycles. The maximum Gasteiger partial charge on any atom is 0.137 e. The monoisotopic (exact) mass is 271 g/mol. The lowest BCUT2D eigenvalue weighted by Crippen LogP contribution is -2.03. The normalized spacial score (nSPS) is 9.70. The molecule has 0 radical (unpaired) electrons. The molecule has 0 aliphatic heterocycles. The van der Waals surface area contributed by atoms with E-state index in [4.69, 9.17) is 9.84 Å². The van der Waals surface area contributed by atoms with Gasteiger partial charge in [0.15, 0.2) is 0 Å². The predicted octanol–water partition coefficient (Wildman–Crippen LogP) is 2.19. The standard InChI is InChI=1S/C16H14FNO2/c17-15-6-5-14(4-2-9-19)16(11-15)20-10-7-13-3-1-8-18-12-13/h1,3,5-6,8,11-12,19H,7,9-10H2. The van der Waals surface area contributed by atoms with E-state index in [0.717, 1.165) is 5.56 Å². The van der Waals surface area contributed by atoms with Gasteiger partial charge in [0.25, 0.3) is 0 Å². The summed E-state index contributed by atoms with van der Waals surface area (Å²) in [7, 11) is 0. The van der Waals surface area contributed by atoms with Gasteiger partial charge in [-0.05, 0) is 23.8 Å².